The van der Waals surface area contributed by atoms with E-state index < -0.39 is 11.6 Å². The highest BCUT2D eigenvalue weighted by Gasteiger charge is 2.53. The number of carbonyl (C=O) groups excluding carboxylic acids is 2. The van der Waals surface area contributed by atoms with Gasteiger partial charge in [0.25, 0.3) is 0 Å². The van der Waals surface area contributed by atoms with Crippen molar-refractivity contribution in [3.8, 4) is 0 Å². The Hall–Kier alpha value is -1.03. The van der Waals surface area contributed by atoms with Gasteiger partial charge in [0.2, 0.25) is 11.8 Å². The molecule has 0 aromatic carbocycles. The molecule has 5 heteroatoms. The molecule has 0 aromatic heterocycles. The Morgan fingerprint density at radius 1 is 1.45 bits per heavy atom. The smallest absolute Gasteiger partial charge is 0.246 e. The van der Waals surface area contributed by atoms with Crippen LogP contribution in [0, 0.1) is 5.92 Å². The number of carbonyl (C=O) groups is 2. The van der Waals surface area contributed by atoms with Gasteiger partial charge in [0.15, 0.2) is 0 Å². The van der Waals surface area contributed by atoms with Gasteiger partial charge < -0.3 is 10.2 Å². The van der Waals surface area contributed by atoms with Crippen LogP contribution in [0.15, 0.2) is 11.1 Å². The summed E-state index contributed by atoms with van der Waals surface area (Å²) in [5, 5.41) is 2.94. The number of amides is 2. The maximum atomic E-state index is 12.8. The van der Waals surface area contributed by atoms with E-state index in [1.54, 1.807) is 4.90 Å². The SMILES string of the molecule is CC(=CCl)CN1C(=O)C(C(C)C)NC(=O)C12CCCC2. The predicted molar refractivity (Wildman–Crippen MR) is 79.3 cm³/mol. The topological polar surface area (TPSA) is 49.4 Å². The molecule has 20 heavy (non-hydrogen) atoms. The second-order valence-electron chi connectivity index (χ2n) is 6.31. The minimum absolute atomic E-state index is 0.00988. The lowest BCUT2D eigenvalue weighted by atomic mass is 9.86. The molecule has 1 atom stereocenters. The lowest BCUT2D eigenvalue weighted by Gasteiger charge is -2.47. The lowest BCUT2D eigenvalue weighted by Crippen LogP contribution is -2.70. The molecule has 1 N–H and O–H groups in total. The highest BCUT2D eigenvalue weighted by atomic mass is 35.5. The van der Waals surface area contributed by atoms with Gasteiger partial charge in [-0.1, -0.05) is 38.3 Å². The molecule has 1 saturated carbocycles. The van der Waals surface area contributed by atoms with Crippen LogP contribution >= 0.6 is 11.6 Å². The van der Waals surface area contributed by atoms with Crippen LogP contribution in [0.4, 0.5) is 0 Å². The van der Waals surface area contributed by atoms with Gasteiger partial charge in [-0.2, -0.15) is 0 Å². The van der Waals surface area contributed by atoms with Crippen molar-refractivity contribution in [2.45, 2.75) is 58.0 Å². The molecule has 112 valence electrons. The van der Waals surface area contributed by atoms with Crippen LogP contribution in [-0.4, -0.2) is 34.8 Å². The van der Waals surface area contributed by atoms with Crippen molar-refractivity contribution in [2.75, 3.05) is 6.54 Å². The quantitative estimate of drug-likeness (QED) is 0.870. The van der Waals surface area contributed by atoms with E-state index in [2.05, 4.69) is 5.32 Å². The Morgan fingerprint density at radius 2 is 2.05 bits per heavy atom. The monoisotopic (exact) mass is 298 g/mol. The predicted octanol–water partition coefficient (Wildman–Crippen LogP) is 2.42. The molecule has 1 heterocycles. The number of halogens is 1. The first-order valence-electron chi connectivity index (χ1n) is 7.30. The lowest BCUT2D eigenvalue weighted by molar-refractivity contribution is -0.157. The van der Waals surface area contributed by atoms with Gasteiger partial charge in [0, 0.05) is 12.1 Å². The molecule has 1 aliphatic carbocycles. The first-order chi connectivity index (χ1) is 9.42. The Kier molecular flexibility index (Phi) is 4.43. The Bertz CT molecular complexity index is 439. The highest BCUT2D eigenvalue weighted by Crippen LogP contribution is 2.39. The molecular formula is C15H23ClN2O2. The summed E-state index contributed by atoms with van der Waals surface area (Å²) in [5.41, 5.74) is 1.75. The molecule has 0 bridgehead atoms. The molecule has 0 aromatic rings. The molecule has 2 rings (SSSR count). The molecule has 1 aliphatic heterocycles. The van der Waals surface area contributed by atoms with E-state index in [0.29, 0.717) is 6.54 Å². The van der Waals surface area contributed by atoms with Gasteiger partial charge in [0.1, 0.15) is 11.6 Å². The van der Waals surface area contributed by atoms with E-state index in [4.69, 9.17) is 11.6 Å². The van der Waals surface area contributed by atoms with Crippen LogP contribution in [0.25, 0.3) is 0 Å². The summed E-state index contributed by atoms with van der Waals surface area (Å²) in [6.07, 6.45) is 3.50. The van der Waals surface area contributed by atoms with Crippen molar-refractivity contribution >= 4 is 23.4 Å². The number of piperazine rings is 1. The van der Waals surface area contributed by atoms with Gasteiger partial charge in [-0.05, 0) is 31.3 Å². The Morgan fingerprint density at radius 3 is 2.55 bits per heavy atom. The number of hydrogen-bond donors (Lipinski definition) is 1. The summed E-state index contributed by atoms with van der Waals surface area (Å²) < 4.78 is 0. The fourth-order valence-corrected chi connectivity index (χ4v) is 3.33. The van der Waals surface area contributed by atoms with Gasteiger partial charge in [-0.25, -0.2) is 0 Å². The summed E-state index contributed by atoms with van der Waals surface area (Å²) in [6, 6.07) is -0.420. The van der Waals surface area contributed by atoms with Gasteiger partial charge in [-0.3, -0.25) is 9.59 Å². The van der Waals surface area contributed by atoms with E-state index in [1.807, 2.05) is 20.8 Å². The fraction of sp³-hybridized carbons (Fsp3) is 0.733. The molecule has 4 nitrogen and oxygen atoms in total. The molecule has 2 amide bonds. The third-order valence-corrected chi connectivity index (χ3v) is 4.82. The maximum absolute atomic E-state index is 12.8. The van der Waals surface area contributed by atoms with Crippen LogP contribution in [0.3, 0.4) is 0 Å². The molecule has 1 spiro atoms. The minimum atomic E-state index is -0.649. The average Bonchev–Trinajstić information content (AvgIpc) is 2.89. The number of nitrogens with zero attached hydrogens (tertiary/aromatic N) is 1. The maximum Gasteiger partial charge on any atom is 0.246 e. The number of rotatable bonds is 3. The fourth-order valence-electron chi connectivity index (χ4n) is 3.26. The number of hydrogen-bond acceptors (Lipinski definition) is 2. The second kappa shape index (κ2) is 5.76. The van der Waals surface area contributed by atoms with Crippen LogP contribution in [-0.2, 0) is 9.59 Å². The molecule has 1 unspecified atom stereocenters. The van der Waals surface area contributed by atoms with Crippen LogP contribution in [0.2, 0.25) is 0 Å². The van der Waals surface area contributed by atoms with Gasteiger partial charge in [0.05, 0.1) is 0 Å². The zero-order valence-electron chi connectivity index (χ0n) is 12.4. The first kappa shape index (κ1) is 15.4. The van der Waals surface area contributed by atoms with E-state index in [-0.39, 0.29) is 17.7 Å². The third kappa shape index (κ3) is 2.46. The van der Waals surface area contributed by atoms with Crippen LogP contribution in [0.1, 0.15) is 46.5 Å². The summed E-state index contributed by atoms with van der Waals surface area (Å²) in [5.74, 6) is 0.128. The molecule has 0 radical (unpaired) electrons. The number of nitrogens with one attached hydrogen (secondary N) is 1. The van der Waals surface area contributed by atoms with E-state index >= 15 is 0 Å². The average molecular weight is 299 g/mol. The van der Waals surface area contributed by atoms with Crippen molar-refractivity contribution < 1.29 is 9.59 Å². The van der Waals surface area contributed by atoms with Crippen molar-refractivity contribution in [3.63, 3.8) is 0 Å². The normalized spacial score (nSPS) is 26.6. The van der Waals surface area contributed by atoms with E-state index in [1.165, 1.54) is 5.54 Å². The minimum Gasteiger partial charge on any atom is -0.342 e. The van der Waals surface area contributed by atoms with Gasteiger partial charge >= 0.3 is 0 Å². The summed E-state index contributed by atoms with van der Waals surface area (Å²) in [7, 11) is 0. The van der Waals surface area contributed by atoms with Gasteiger partial charge in [-0.15, -0.1) is 0 Å². The van der Waals surface area contributed by atoms with Crippen LogP contribution < -0.4 is 5.32 Å². The van der Waals surface area contributed by atoms with E-state index in [9.17, 15) is 9.59 Å². The van der Waals surface area contributed by atoms with Crippen molar-refractivity contribution in [1.82, 2.24) is 10.2 Å². The highest BCUT2D eigenvalue weighted by molar-refractivity contribution is 6.25. The van der Waals surface area contributed by atoms with Crippen molar-refractivity contribution in [1.29, 1.82) is 0 Å². The Labute approximate surface area is 125 Å². The molecular weight excluding hydrogens is 276 g/mol. The molecule has 1 saturated heterocycles. The zero-order valence-corrected chi connectivity index (χ0v) is 13.2. The summed E-state index contributed by atoms with van der Waals surface area (Å²) in [4.78, 5) is 27.1. The van der Waals surface area contributed by atoms with E-state index in [0.717, 1.165) is 31.3 Å². The summed E-state index contributed by atoms with van der Waals surface area (Å²) >= 11 is 5.75. The Balaban J connectivity index is 2.36. The van der Waals surface area contributed by atoms with Crippen molar-refractivity contribution in [2.24, 2.45) is 5.92 Å². The van der Waals surface area contributed by atoms with Crippen LogP contribution in [0.5, 0.6) is 0 Å². The second-order valence-corrected chi connectivity index (χ2v) is 6.53. The zero-order chi connectivity index (χ0) is 14.9. The summed E-state index contributed by atoms with van der Waals surface area (Å²) in [6.45, 7) is 6.24. The van der Waals surface area contributed by atoms with Crippen molar-refractivity contribution in [3.05, 3.63) is 11.1 Å². The largest absolute Gasteiger partial charge is 0.342 e. The molecule has 2 aliphatic rings. The molecule has 2 fully saturated rings. The first-order valence-corrected chi connectivity index (χ1v) is 7.74. The standard InChI is InChI=1S/C15H23ClN2O2/c1-10(2)12-13(19)18(9-11(3)8-16)15(14(20)17-12)6-4-5-7-15/h8,10,12H,4-7,9H2,1-3H3,(H,17,20). The third-order valence-electron chi connectivity index (χ3n) is 4.45.